The summed E-state index contributed by atoms with van der Waals surface area (Å²) in [5.41, 5.74) is 5.63. The van der Waals surface area contributed by atoms with Gasteiger partial charge in [0.15, 0.2) is 5.76 Å². The predicted octanol–water partition coefficient (Wildman–Crippen LogP) is 1.77. The number of carbonyl (C=O) groups excluding carboxylic acids is 1. The molecular weight excluding hydrogens is 190 g/mol. The van der Waals surface area contributed by atoms with Crippen LogP contribution in [0.5, 0.6) is 0 Å². The van der Waals surface area contributed by atoms with Gasteiger partial charge < -0.3 is 10.5 Å². The standard InChI is InChI=1S/C12H19NO2/c1-12(7-4-6-10(12)13)11(14)9-5-2-3-8-15-9/h5,10H,2-4,6-8,13H2,1H3. The Kier molecular flexibility index (Phi) is 2.83. The lowest BCUT2D eigenvalue weighted by molar-refractivity contribution is -0.128. The van der Waals surface area contributed by atoms with Crippen molar-refractivity contribution in [1.29, 1.82) is 0 Å². The summed E-state index contributed by atoms with van der Waals surface area (Å²) >= 11 is 0. The molecule has 3 heteroatoms. The Morgan fingerprint density at radius 3 is 2.93 bits per heavy atom. The van der Waals surface area contributed by atoms with Crippen molar-refractivity contribution in [2.75, 3.05) is 6.61 Å². The Balaban J connectivity index is 2.16. The number of carbonyl (C=O) groups is 1. The first-order chi connectivity index (χ1) is 7.14. The summed E-state index contributed by atoms with van der Waals surface area (Å²) in [6, 6.07) is -0.00331. The lowest BCUT2D eigenvalue weighted by Gasteiger charge is -2.29. The lowest BCUT2D eigenvalue weighted by atomic mass is 9.79. The summed E-state index contributed by atoms with van der Waals surface area (Å²) < 4.78 is 5.42. The molecule has 2 N–H and O–H groups in total. The second kappa shape index (κ2) is 3.97. The molecule has 0 aromatic heterocycles. The molecule has 0 radical (unpaired) electrons. The average Bonchev–Trinajstić information content (AvgIpc) is 2.61. The van der Waals surface area contributed by atoms with Crippen LogP contribution in [0.25, 0.3) is 0 Å². The van der Waals surface area contributed by atoms with Gasteiger partial charge in [0.25, 0.3) is 0 Å². The van der Waals surface area contributed by atoms with E-state index in [1.54, 1.807) is 0 Å². The van der Waals surface area contributed by atoms with Crippen molar-refractivity contribution in [3.63, 3.8) is 0 Å². The zero-order valence-electron chi connectivity index (χ0n) is 9.29. The molecule has 2 rings (SSSR count). The van der Waals surface area contributed by atoms with Crippen LogP contribution in [0.15, 0.2) is 11.8 Å². The van der Waals surface area contributed by atoms with Gasteiger partial charge in [-0.05, 0) is 31.8 Å². The largest absolute Gasteiger partial charge is 0.490 e. The molecule has 2 atom stereocenters. The van der Waals surface area contributed by atoms with Gasteiger partial charge in [0.2, 0.25) is 5.78 Å². The van der Waals surface area contributed by atoms with Crippen LogP contribution < -0.4 is 5.73 Å². The highest BCUT2D eigenvalue weighted by Crippen LogP contribution is 2.39. The van der Waals surface area contributed by atoms with Crippen molar-refractivity contribution in [3.8, 4) is 0 Å². The highest BCUT2D eigenvalue weighted by atomic mass is 16.5. The fourth-order valence-corrected chi connectivity index (χ4v) is 2.47. The fraction of sp³-hybridized carbons (Fsp3) is 0.750. The SMILES string of the molecule is CC1(C(=O)C2=CCCCO2)CCCC1N. The van der Waals surface area contributed by atoms with Gasteiger partial charge in [-0.3, -0.25) is 4.79 Å². The summed E-state index contributed by atoms with van der Waals surface area (Å²) in [4.78, 5) is 12.3. The molecule has 1 heterocycles. The van der Waals surface area contributed by atoms with E-state index in [1.165, 1.54) is 0 Å². The van der Waals surface area contributed by atoms with Crippen LogP contribution in [-0.2, 0) is 9.53 Å². The first-order valence-corrected chi connectivity index (χ1v) is 5.78. The summed E-state index contributed by atoms with van der Waals surface area (Å²) in [5, 5.41) is 0. The van der Waals surface area contributed by atoms with E-state index in [2.05, 4.69) is 0 Å². The average molecular weight is 209 g/mol. The number of allylic oxidation sites excluding steroid dienone is 2. The molecule has 1 fully saturated rings. The molecule has 1 saturated carbocycles. The van der Waals surface area contributed by atoms with Gasteiger partial charge in [0.1, 0.15) is 0 Å². The Morgan fingerprint density at radius 1 is 1.60 bits per heavy atom. The normalized spacial score (nSPS) is 35.9. The lowest BCUT2D eigenvalue weighted by Crippen LogP contribution is -2.42. The van der Waals surface area contributed by atoms with E-state index in [9.17, 15) is 4.79 Å². The molecular formula is C12H19NO2. The Morgan fingerprint density at radius 2 is 2.40 bits per heavy atom. The zero-order valence-corrected chi connectivity index (χ0v) is 9.29. The number of hydrogen-bond donors (Lipinski definition) is 1. The van der Waals surface area contributed by atoms with Gasteiger partial charge in [-0.1, -0.05) is 13.3 Å². The van der Waals surface area contributed by atoms with Crippen molar-refractivity contribution in [1.82, 2.24) is 0 Å². The maximum absolute atomic E-state index is 12.3. The van der Waals surface area contributed by atoms with E-state index >= 15 is 0 Å². The fourth-order valence-electron chi connectivity index (χ4n) is 2.47. The van der Waals surface area contributed by atoms with Crippen LogP contribution in [-0.4, -0.2) is 18.4 Å². The molecule has 0 spiro atoms. The molecule has 84 valence electrons. The molecule has 0 bridgehead atoms. The smallest absolute Gasteiger partial charge is 0.204 e. The Labute approximate surface area is 90.7 Å². The molecule has 1 aliphatic carbocycles. The van der Waals surface area contributed by atoms with E-state index in [0.717, 1.165) is 32.1 Å². The third-order valence-corrected chi connectivity index (χ3v) is 3.71. The summed E-state index contributed by atoms with van der Waals surface area (Å²) in [7, 11) is 0. The first-order valence-electron chi connectivity index (χ1n) is 5.78. The quantitative estimate of drug-likeness (QED) is 0.754. The minimum Gasteiger partial charge on any atom is -0.490 e. The van der Waals surface area contributed by atoms with Crippen LogP contribution in [0, 0.1) is 5.41 Å². The Hall–Kier alpha value is -0.830. The predicted molar refractivity (Wildman–Crippen MR) is 58.2 cm³/mol. The van der Waals surface area contributed by atoms with E-state index in [-0.39, 0.29) is 17.2 Å². The number of nitrogens with two attached hydrogens (primary N) is 1. The third-order valence-electron chi connectivity index (χ3n) is 3.71. The maximum Gasteiger partial charge on any atom is 0.204 e. The van der Waals surface area contributed by atoms with Crippen molar-refractivity contribution in [3.05, 3.63) is 11.8 Å². The number of ketones is 1. The van der Waals surface area contributed by atoms with E-state index in [0.29, 0.717) is 12.4 Å². The summed E-state index contributed by atoms with van der Waals surface area (Å²) in [6.45, 7) is 2.65. The minimum atomic E-state index is -0.386. The van der Waals surface area contributed by atoms with Crippen molar-refractivity contribution >= 4 is 5.78 Å². The highest BCUT2D eigenvalue weighted by Gasteiger charge is 2.44. The number of rotatable bonds is 2. The van der Waals surface area contributed by atoms with E-state index in [4.69, 9.17) is 10.5 Å². The molecule has 15 heavy (non-hydrogen) atoms. The number of Topliss-reactive ketones (excluding diaryl/α,β-unsaturated/α-hetero) is 1. The molecule has 3 nitrogen and oxygen atoms in total. The van der Waals surface area contributed by atoms with Gasteiger partial charge in [-0.25, -0.2) is 0 Å². The molecule has 2 unspecified atom stereocenters. The van der Waals surface area contributed by atoms with Crippen molar-refractivity contribution in [2.24, 2.45) is 11.1 Å². The van der Waals surface area contributed by atoms with E-state index < -0.39 is 0 Å². The molecule has 0 aromatic carbocycles. The topological polar surface area (TPSA) is 52.3 Å². The van der Waals surface area contributed by atoms with Crippen LogP contribution in [0.3, 0.4) is 0 Å². The minimum absolute atomic E-state index is 0.00331. The van der Waals surface area contributed by atoms with Crippen LogP contribution in [0.1, 0.15) is 39.0 Å². The van der Waals surface area contributed by atoms with Crippen LogP contribution >= 0.6 is 0 Å². The number of ether oxygens (including phenoxy) is 1. The van der Waals surface area contributed by atoms with Crippen LogP contribution in [0.4, 0.5) is 0 Å². The first kappa shape index (κ1) is 10.7. The van der Waals surface area contributed by atoms with Gasteiger partial charge in [0.05, 0.1) is 6.61 Å². The maximum atomic E-state index is 12.3. The van der Waals surface area contributed by atoms with Crippen molar-refractivity contribution in [2.45, 2.75) is 45.1 Å². The molecule has 0 saturated heterocycles. The summed E-state index contributed by atoms with van der Waals surface area (Å²) in [6.07, 6.45) is 6.79. The van der Waals surface area contributed by atoms with Gasteiger partial charge in [-0.2, -0.15) is 0 Å². The molecule has 1 aliphatic heterocycles. The monoisotopic (exact) mass is 209 g/mol. The van der Waals surface area contributed by atoms with Gasteiger partial charge >= 0.3 is 0 Å². The van der Waals surface area contributed by atoms with Gasteiger partial charge in [0, 0.05) is 11.5 Å². The van der Waals surface area contributed by atoms with E-state index in [1.807, 2.05) is 13.0 Å². The third kappa shape index (κ3) is 1.81. The summed E-state index contributed by atoms with van der Waals surface area (Å²) in [5.74, 6) is 0.674. The molecule has 0 amide bonds. The van der Waals surface area contributed by atoms with Crippen molar-refractivity contribution < 1.29 is 9.53 Å². The van der Waals surface area contributed by atoms with Crippen LogP contribution in [0.2, 0.25) is 0 Å². The highest BCUT2D eigenvalue weighted by molar-refractivity contribution is 5.98. The van der Waals surface area contributed by atoms with Gasteiger partial charge in [-0.15, -0.1) is 0 Å². The molecule has 0 aromatic rings. The second-order valence-corrected chi connectivity index (χ2v) is 4.80. The number of hydrogen-bond acceptors (Lipinski definition) is 3. The zero-order chi connectivity index (χ0) is 10.9. The molecule has 2 aliphatic rings. The Bertz CT molecular complexity index is 298. The second-order valence-electron chi connectivity index (χ2n) is 4.80.